The summed E-state index contributed by atoms with van der Waals surface area (Å²) in [4.78, 5) is 12.4. The van der Waals surface area contributed by atoms with Crippen LogP contribution in [0.5, 0.6) is 0 Å². The van der Waals surface area contributed by atoms with E-state index in [1.807, 2.05) is 37.3 Å². The normalized spacial score (nSPS) is 15.6. The summed E-state index contributed by atoms with van der Waals surface area (Å²) in [5, 5.41) is 2.99. The summed E-state index contributed by atoms with van der Waals surface area (Å²) < 4.78 is 0. The van der Waals surface area contributed by atoms with Gasteiger partial charge in [-0.05, 0) is 17.9 Å². The molecule has 1 N–H and O–H groups in total. The molecule has 3 heteroatoms. The van der Waals surface area contributed by atoms with E-state index < -0.39 is 0 Å². The van der Waals surface area contributed by atoms with Crippen molar-refractivity contribution in [3.63, 3.8) is 0 Å². The summed E-state index contributed by atoms with van der Waals surface area (Å²) in [7, 11) is 0. The average molecular weight is 282 g/mol. The SMILES string of the molecule is CCC(Cl)CNC(=O)C(c1ccccc1)C(C)CC. The first-order valence-corrected chi connectivity index (χ1v) is 7.50. The van der Waals surface area contributed by atoms with Crippen LogP contribution in [0.3, 0.4) is 0 Å². The van der Waals surface area contributed by atoms with Gasteiger partial charge in [0.2, 0.25) is 5.91 Å². The molecule has 0 aliphatic rings. The van der Waals surface area contributed by atoms with Crippen LogP contribution in [-0.2, 0) is 4.79 Å². The van der Waals surface area contributed by atoms with Gasteiger partial charge in [0.25, 0.3) is 0 Å². The molecule has 0 radical (unpaired) electrons. The summed E-state index contributed by atoms with van der Waals surface area (Å²) in [5.41, 5.74) is 1.08. The molecule has 0 aromatic heterocycles. The largest absolute Gasteiger partial charge is 0.354 e. The molecule has 0 fully saturated rings. The van der Waals surface area contributed by atoms with Crippen LogP contribution in [0.4, 0.5) is 0 Å². The highest BCUT2D eigenvalue weighted by atomic mass is 35.5. The summed E-state index contributed by atoms with van der Waals surface area (Å²) in [6, 6.07) is 9.98. The summed E-state index contributed by atoms with van der Waals surface area (Å²) in [6.07, 6.45) is 1.84. The van der Waals surface area contributed by atoms with Crippen LogP contribution in [-0.4, -0.2) is 17.8 Å². The van der Waals surface area contributed by atoms with E-state index in [0.717, 1.165) is 18.4 Å². The lowest BCUT2D eigenvalue weighted by Gasteiger charge is -2.23. The van der Waals surface area contributed by atoms with Crippen LogP contribution >= 0.6 is 11.6 Å². The van der Waals surface area contributed by atoms with E-state index in [0.29, 0.717) is 12.5 Å². The molecular formula is C16H24ClNO. The summed E-state index contributed by atoms with van der Waals surface area (Å²) >= 11 is 6.06. The van der Waals surface area contributed by atoms with Gasteiger partial charge in [-0.15, -0.1) is 11.6 Å². The average Bonchev–Trinajstić information content (AvgIpc) is 2.45. The minimum atomic E-state index is -0.0908. The second-order valence-corrected chi connectivity index (χ2v) is 5.64. The predicted octanol–water partition coefficient (Wildman–Crippen LogP) is 3.95. The van der Waals surface area contributed by atoms with E-state index in [9.17, 15) is 4.79 Å². The number of hydrogen-bond donors (Lipinski definition) is 1. The van der Waals surface area contributed by atoms with Crippen LogP contribution in [0.15, 0.2) is 30.3 Å². The fourth-order valence-electron chi connectivity index (χ4n) is 2.10. The molecule has 0 bridgehead atoms. The van der Waals surface area contributed by atoms with Gasteiger partial charge in [0.15, 0.2) is 0 Å². The molecule has 3 unspecified atom stereocenters. The minimum absolute atomic E-state index is 0.0114. The van der Waals surface area contributed by atoms with Crippen molar-refractivity contribution in [3.05, 3.63) is 35.9 Å². The van der Waals surface area contributed by atoms with Crippen LogP contribution in [0.1, 0.15) is 45.1 Å². The molecule has 0 heterocycles. The van der Waals surface area contributed by atoms with Crippen molar-refractivity contribution < 1.29 is 4.79 Å². The van der Waals surface area contributed by atoms with Crippen molar-refractivity contribution in [3.8, 4) is 0 Å². The van der Waals surface area contributed by atoms with Gasteiger partial charge in [0.1, 0.15) is 0 Å². The molecule has 0 aliphatic heterocycles. The van der Waals surface area contributed by atoms with Gasteiger partial charge in [-0.25, -0.2) is 0 Å². The first-order valence-electron chi connectivity index (χ1n) is 7.06. The predicted molar refractivity (Wildman–Crippen MR) is 81.6 cm³/mol. The molecule has 0 aliphatic carbocycles. The maximum absolute atomic E-state index is 12.4. The van der Waals surface area contributed by atoms with Crippen molar-refractivity contribution in [1.29, 1.82) is 0 Å². The number of carbonyl (C=O) groups excluding carboxylic acids is 1. The maximum atomic E-state index is 12.4. The Kier molecular flexibility index (Phi) is 6.93. The molecular weight excluding hydrogens is 258 g/mol. The molecule has 1 aromatic rings. The van der Waals surface area contributed by atoms with E-state index in [1.165, 1.54) is 0 Å². The Morgan fingerprint density at radius 3 is 2.37 bits per heavy atom. The monoisotopic (exact) mass is 281 g/mol. The number of benzene rings is 1. The van der Waals surface area contributed by atoms with Gasteiger partial charge >= 0.3 is 0 Å². The van der Waals surface area contributed by atoms with Crippen LogP contribution in [0, 0.1) is 5.92 Å². The zero-order valence-electron chi connectivity index (χ0n) is 12.0. The smallest absolute Gasteiger partial charge is 0.227 e. The second-order valence-electron chi connectivity index (χ2n) is 5.02. The van der Waals surface area contributed by atoms with Gasteiger partial charge in [0, 0.05) is 6.54 Å². The maximum Gasteiger partial charge on any atom is 0.227 e. The van der Waals surface area contributed by atoms with Crippen LogP contribution < -0.4 is 5.32 Å². The highest BCUT2D eigenvalue weighted by Gasteiger charge is 2.25. The van der Waals surface area contributed by atoms with Crippen molar-refractivity contribution in [2.45, 2.75) is 44.9 Å². The number of hydrogen-bond acceptors (Lipinski definition) is 1. The lowest BCUT2D eigenvalue weighted by atomic mass is 9.85. The lowest BCUT2D eigenvalue weighted by molar-refractivity contribution is -0.123. The third-order valence-electron chi connectivity index (χ3n) is 3.59. The van der Waals surface area contributed by atoms with E-state index in [1.54, 1.807) is 0 Å². The number of alkyl halides is 1. The Bertz CT molecular complexity index is 380. The Balaban J connectivity index is 2.77. The Hall–Kier alpha value is -1.02. The Morgan fingerprint density at radius 2 is 1.84 bits per heavy atom. The van der Waals surface area contributed by atoms with Gasteiger partial charge in [-0.3, -0.25) is 4.79 Å². The fraction of sp³-hybridized carbons (Fsp3) is 0.562. The summed E-state index contributed by atoms with van der Waals surface area (Å²) in [6.45, 7) is 6.79. The molecule has 106 valence electrons. The van der Waals surface area contributed by atoms with Gasteiger partial charge in [-0.1, -0.05) is 57.5 Å². The van der Waals surface area contributed by atoms with Crippen molar-refractivity contribution in [2.24, 2.45) is 5.92 Å². The third kappa shape index (κ3) is 4.87. The Labute approximate surface area is 121 Å². The van der Waals surface area contributed by atoms with Gasteiger partial charge in [0.05, 0.1) is 11.3 Å². The number of halogens is 1. The zero-order chi connectivity index (χ0) is 14.3. The van der Waals surface area contributed by atoms with Crippen LogP contribution in [0.2, 0.25) is 0 Å². The third-order valence-corrected chi connectivity index (χ3v) is 4.06. The molecule has 0 saturated carbocycles. The molecule has 2 nitrogen and oxygen atoms in total. The lowest BCUT2D eigenvalue weighted by Crippen LogP contribution is -2.36. The van der Waals surface area contributed by atoms with E-state index in [2.05, 4.69) is 19.2 Å². The van der Waals surface area contributed by atoms with Crippen molar-refractivity contribution >= 4 is 17.5 Å². The number of rotatable bonds is 7. The van der Waals surface area contributed by atoms with Gasteiger partial charge < -0.3 is 5.32 Å². The highest BCUT2D eigenvalue weighted by molar-refractivity contribution is 6.20. The van der Waals surface area contributed by atoms with Crippen molar-refractivity contribution in [1.82, 2.24) is 5.32 Å². The molecule has 19 heavy (non-hydrogen) atoms. The quantitative estimate of drug-likeness (QED) is 0.754. The van der Waals surface area contributed by atoms with Gasteiger partial charge in [-0.2, -0.15) is 0 Å². The highest BCUT2D eigenvalue weighted by Crippen LogP contribution is 2.27. The number of carbonyl (C=O) groups is 1. The summed E-state index contributed by atoms with van der Waals surface area (Å²) in [5.74, 6) is 0.310. The number of amides is 1. The fourth-order valence-corrected chi connectivity index (χ4v) is 2.18. The molecule has 3 atom stereocenters. The van der Waals surface area contributed by atoms with E-state index in [4.69, 9.17) is 11.6 Å². The molecule has 1 aromatic carbocycles. The molecule has 0 saturated heterocycles. The zero-order valence-corrected chi connectivity index (χ0v) is 12.8. The molecule has 0 spiro atoms. The van der Waals surface area contributed by atoms with E-state index in [-0.39, 0.29) is 17.2 Å². The first kappa shape index (κ1) is 16.0. The topological polar surface area (TPSA) is 29.1 Å². The molecule has 1 amide bonds. The van der Waals surface area contributed by atoms with Crippen molar-refractivity contribution in [2.75, 3.05) is 6.54 Å². The first-order chi connectivity index (χ1) is 9.10. The standard InChI is InChI=1S/C16H24ClNO/c1-4-12(3)15(13-9-7-6-8-10-13)16(19)18-11-14(17)5-2/h6-10,12,14-15H,4-5,11H2,1-3H3,(H,18,19). The number of nitrogens with one attached hydrogen (secondary N) is 1. The second kappa shape index (κ2) is 8.21. The minimum Gasteiger partial charge on any atom is -0.354 e. The van der Waals surface area contributed by atoms with Crippen LogP contribution in [0.25, 0.3) is 0 Å². The van der Waals surface area contributed by atoms with E-state index >= 15 is 0 Å². The Morgan fingerprint density at radius 1 is 1.21 bits per heavy atom. The molecule has 1 rings (SSSR count).